The van der Waals surface area contributed by atoms with Crippen molar-refractivity contribution in [1.82, 2.24) is 4.98 Å². The van der Waals surface area contributed by atoms with Crippen LogP contribution in [0.25, 0.3) is 10.2 Å². The van der Waals surface area contributed by atoms with E-state index in [0.717, 1.165) is 23.4 Å². The Bertz CT molecular complexity index is 940. The monoisotopic (exact) mass is 402 g/mol. The number of carbonyl (C=O) groups excluding carboxylic acids is 1. The Morgan fingerprint density at radius 3 is 2.61 bits per heavy atom. The first-order valence-corrected chi connectivity index (χ1v) is 10.2. The number of hydrogen-bond donors (Lipinski definition) is 1. The smallest absolute Gasteiger partial charge is 0.260 e. The van der Waals surface area contributed by atoms with Crippen LogP contribution in [0.2, 0.25) is 0 Å². The van der Waals surface area contributed by atoms with Crippen molar-refractivity contribution in [3.8, 4) is 5.75 Å². The highest BCUT2D eigenvalue weighted by Crippen LogP contribution is 2.31. The number of thiazole rings is 1. The Labute approximate surface area is 168 Å². The second kappa shape index (κ2) is 9.12. The summed E-state index contributed by atoms with van der Waals surface area (Å²) < 4.78 is 20.3. The van der Waals surface area contributed by atoms with E-state index in [1.807, 2.05) is 13.0 Å². The summed E-state index contributed by atoms with van der Waals surface area (Å²) in [7, 11) is 4.15. The van der Waals surface area contributed by atoms with Crippen molar-refractivity contribution in [2.45, 2.75) is 13.3 Å². The molecule has 28 heavy (non-hydrogen) atoms. The molecule has 0 radical (unpaired) electrons. The van der Waals surface area contributed by atoms with Gasteiger partial charge in [-0.15, -0.1) is 0 Å². The van der Waals surface area contributed by atoms with Gasteiger partial charge in [0, 0.05) is 18.5 Å². The molecular formula is C21H25FN3O2S+. The number of anilines is 1. The zero-order valence-electron chi connectivity index (χ0n) is 16.4. The third-order valence-electron chi connectivity index (χ3n) is 4.31. The van der Waals surface area contributed by atoms with Crippen LogP contribution in [0.1, 0.15) is 23.7 Å². The third kappa shape index (κ3) is 4.66. The number of amides is 1. The van der Waals surface area contributed by atoms with Crippen LogP contribution in [0.3, 0.4) is 0 Å². The van der Waals surface area contributed by atoms with Gasteiger partial charge in [-0.1, -0.05) is 17.4 Å². The van der Waals surface area contributed by atoms with Gasteiger partial charge in [-0.3, -0.25) is 9.69 Å². The molecule has 0 unspecified atom stereocenters. The number of benzene rings is 2. The predicted octanol–water partition coefficient (Wildman–Crippen LogP) is 3.02. The summed E-state index contributed by atoms with van der Waals surface area (Å²) in [6.07, 6.45) is 0.823. The molecule has 3 aromatic rings. The van der Waals surface area contributed by atoms with E-state index >= 15 is 0 Å². The Morgan fingerprint density at radius 1 is 1.21 bits per heavy atom. The molecule has 3 rings (SSSR count). The largest absolute Gasteiger partial charge is 0.494 e. The van der Waals surface area contributed by atoms with Crippen molar-refractivity contribution in [3.63, 3.8) is 0 Å². The quantitative estimate of drug-likeness (QED) is 0.630. The lowest BCUT2D eigenvalue weighted by Gasteiger charge is -2.20. The number of fused-ring (bicyclic) bond motifs is 1. The molecule has 1 N–H and O–H groups in total. The molecule has 1 aromatic heterocycles. The Kier molecular flexibility index (Phi) is 6.59. The Hall–Kier alpha value is -2.51. The maximum atomic E-state index is 14.1. The maximum absolute atomic E-state index is 14.1. The fourth-order valence-electron chi connectivity index (χ4n) is 2.91. The number of carbonyl (C=O) groups is 1. The van der Waals surface area contributed by atoms with Crippen molar-refractivity contribution in [2.24, 2.45) is 0 Å². The molecule has 0 saturated carbocycles. The summed E-state index contributed by atoms with van der Waals surface area (Å²) >= 11 is 1.34. The normalized spacial score (nSPS) is 11.2. The first-order chi connectivity index (χ1) is 13.5. The maximum Gasteiger partial charge on any atom is 0.260 e. The van der Waals surface area contributed by atoms with Crippen LogP contribution in [0.4, 0.5) is 9.52 Å². The van der Waals surface area contributed by atoms with Gasteiger partial charge in [-0.2, -0.15) is 0 Å². The van der Waals surface area contributed by atoms with Crippen LogP contribution in [-0.2, 0) is 0 Å². The number of aromatic nitrogens is 1. The predicted molar refractivity (Wildman–Crippen MR) is 111 cm³/mol. The van der Waals surface area contributed by atoms with Crippen LogP contribution in [-0.4, -0.2) is 44.7 Å². The van der Waals surface area contributed by atoms with Gasteiger partial charge >= 0.3 is 0 Å². The molecule has 0 aliphatic rings. The van der Waals surface area contributed by atoms with E-state index in [1.54, 1.807) is 35.2 Å². The summed E-state index contributed by atoms with van der Waals surface area (Å²) in [5, 5.41) is 0.521. The molecular weight excluding hydrogens is 377 g/mol. The molecule has 0 spiro atoms. The van der Waals surface area contributed by atoms with E-state index in [9.17, 15) is 9.18 Å². The minimum absolute atomic E-state index is 0.142. The van der Waals surface area contributed by atoms with Gasteiger partial charge in [-0.25, -0.2) is 9.37 Å². The SMILES string of the molecule is CCOc1ccc(C(=O)N(CCC[NH+](C)C)c2nc3c(F)cccc3s2)cc1. The first kappa shape index (κ1) is 20.2. The highest BCUT2D eigenvalue weighted by atomic mass is 32.1. The van der Waals surface area contributed by atoms with Crippen molar-refractivity contribution in [1.29, 1.82) is 0 Å². The minimum Gasteiger partial charge on any atom is -0.494 e. The lowest BCUT2D eigenvalue weighted by atomic mass is 10.2. The molecule has 0 atom stereocenters. The number of ether oxygens (including phenoxy) is 1. The Balaban J connectivity index is 1.90. The molecule has 0 bridgehead atoms. The molecule has 1 heterocycles. The highest BCUT2D eigenvalue weighted by molar-refractivity contribution is 7.22. The van der Waals surface area contributed by atoms with Crippen molar-refractivity contribution < 1.29 is 18.8 Å². The molecule has 0 aliphatic heterocycles. The highest BCUT2D eigenvalue weighted by Gasteiger charge is 2.22. The third-order valence-corrected chi connectivity index (χ3v) is 5.35. The van der Waals surface area contributed by atoms with Gasteiger partial charge < -0.3 is 9.64 Å². The molecule has 0 aliphatic carbocycles. The van der Waals surface area contributed by atoms with Crippen molar-refractivity contribution in [2.75, 3.05) is 38.7 Å². The number of nitrogens with zero attached hydrogens (tertiary/aromatic N) is 2. The molecule has 1 amide bonds. The number of quaternary nitrogens is 1. The molecule has 0 saturated heterocycles. The van der Waals surface area contributed by atoms with E-state index in [-0.39, 0.29) is 11.7 Å². The van der Waals surface area contributed by atoms with Crippen LogP contribution in [0.15, 0.2) is 42.5 Å². The summed E-state index contributed by atoms with van der Waals surface area (Å²) in [4.78, 5) is 20.6. The lowest BCUT2D eigenvalue weighted by Crippen LogP contribution is -3.05. The van der Waals surface area contributed by atoms with Gasteiger partial charge in [0.05, 0.1) is 31.9 Å². The fraction of sp³-hybridized carbons (Fsp3) is 0.333. The second-order valence-corrected chi connectivity index (χ2v) is 7.82. The number of hydrogen-bond acceptors (Lipinski definition) is 4. The first-order valence-electron chi connectivity index (χ1n) is 9.38. The second-order valence-electron chi connectivity index (χ2n) is 6.81. The van der Waals surface area contributed by atoms with Gasteiger partial charge in [-0.05, 0) is 43.3 Å². The standard InChI is InChI=1S/C21H24FN3O2S/c1-4-27-16-11-9-15(10-12-16)20(26)25(14-6-13-24(2)3)21-23-19-17(22)7-5-8-18(19)28-21/h5,7-12H,4,6,13-14H2,1-3H3/p+1. The van der Waals surface area contributed by atoms with E-state index in [4.69, 9.17) is 4.74 Å². The van der Waals surface area contributed by atoms with Crippen molar-refractivity contribution >= 4 is 32.6 Å². The molecule has 0 fully saturated rings. The fourth-order valence-corrected chi connectivity index (χ4v) is 3.91. The number of nitrogens with one attached hydrogen (secondary N) is 1. The molecule has 2 aromatic carbocycles. The van der Waals surface area contributed by atoms with Crippen LogP contribution in [0, 0.1) is 5.82 Å². The summed E-state index contributed by atoms with van der Waals surface area (Å²) in [6.45, 7) is 3.94. The van der Waals surface area contributed by atoms with Crippen molar-refractivity contribution in [3.05, 3.63) is 53.8 Å². The summed E-state index contributed by atoms with van der Waals surface area (Å²) in [5.74, 6) is 0.214. The average molecular weight is 403 g/mol. The van der Waals surface area contributed by atoms with Gasteiger partial charge in [0.2, 0.25) is 0 Å². The average Bonchev–Trinajstić information content (AvgIpc) is 3.11. The molecule has 5 nitrogen and oxygen atoms in total. The number of para-hydroxylation sites is 1. The van der Waals surface area contributed by atoms with E-state index < -0.39 is 0 Å². The van der Waals surface area contributed by atoms with Gasteiger partial charge in [0.15, 0.2) is 5.13 Å². The zero-order valence-corrected chi connectivity index (χ0v) is 17.2. The number of halogens is 1. The van der Waals surface area contributed by atoms with Crippen LogP contribution < -0.4 is 14.5 Å². The van der Waals surface area contributed by atoms with Crippen LogP contribution >= 0.6 is 11.3 Å². The summed E-state index contributed by atoms with van der Waals surface area (Å²) in [5.41, 5.74) is 0.866. The molecule has 7 heteroatoms. The Morgan fingerprint density at radius 2 is 1.96 bits per heavy atom. The van der Waals surface area contributed by atoms with Gasteiger partial charge in [0.25, 0.3) is 5.91 Å². The number of rotatable bonds is 8. The lowest BCUT2D eigenvalue weighted by molar-refractivity contribution is -0.858. The summed E-state index contributed by atoms with van der Waals surface area (Å²) in [6, 6.07) is 12.0. The van der Waals surface area contributed by atoms with E-state index in [0.29, 0.717) is 29.4 Å². The van der Waals surface area contributed by atoms with E-state index in [1.165, 1.54) is 22.3 Å². The minimum atomic E-state index is -0.369. The van der Waals surface area contributed by atoms with Gasteiger partial charge in [0.1, 0.15) is 17.1 Å². The van der Waals surface area contributed by atoms with E-state index in [2.05, 4.69) is 19.1 Å². The topological polar surface area (TPSA) is 46.9 Å². The zero-order chi connectivity index (χ0) is 20.1. The molecule has 148 valence electrons. The van der Waals surface area contributed by atoms with Crippen LogP contribution in [0.5, 0.6) is 5.75 Å².